The molecule has 0 aromatic heterocycles. The van der Waals surface area contributed by atoms with Gasteiger partial charge in [-0.05, 0) is 18.2 Å². The van der Waals surface area contributed by atoms with Crippen LogP contribution in [0.1, 0.15) is 11.7 Å². The fourth-order valence-corrected chi connectivity index (χ4v) is 1.32. The van der Waals surface area contributed by atoms with Gasteiger partial charge in [-0.25, -0.2) is 13.6 Å². The highest BCUT2D eigenvalue weighted by Gasteiger charge is 2.26. The van der Waals surface area contributed by atoms with Gasteiger partial charge >= 0.3 is 6.09 Å². The molecule has 1 N–H and O–H groups in total. The van der Waals surface area contributed by atoms with Crippen molar-refractivity contribution in [3.8, 4) is 0 Å². The Balaban J connectivity index is 2.31. The van der Waals surface area contributed by atoms with Crippen LogP contribution in [-0.2, 0) is 4.74 Å². The monoisotopic (exact) mass is 199 g/mol. The van der Waals surface area contributed by atoms with E-state index in [-0.39, 0.29) is 12.1 Å². The van der Waals surface area contributed by atoms with Gasteiger partial charge in [-0.3, -0.25) is 0 Å². The molecule has 1 aliphatic heterocycles. The molecule has 1 aromatic carbocycles. The van der Waals surface area contributed by atoms with Crippen molar-refractivity contribution in [2.45, 2.75) is 6.10 Å². The average Bonchev–Trinajstić information content (AvgIpc) is 2.56. The van der Waals surface area contributed by atoms with Crippen LogP contribution < -0.4 is 5.32 Å². The maximum absolute atomic E-state index is 13.2. The van der Waals surface area contributed by atoms with Crippen LogP contribution in [0, 0.1) is 11.6 Å². The Morgan fingerprint density at radius 1 is 1.43 bits per heavy atom. The molecule has 1 saturated heterocycles. The average molecular weight is 199 g/mol. The molecule has 5 heteroatoms. The second-order valence-electron chi connectivity index (χ2n) is 2.94. The number of hydrogen-bond donors (Lipinski definition) is 1. The van der Waals surface area contributed by atoms with E-state index in [0.717, 1.165) is 18.2 Å². The fourth-order valence-electron chi connectivity index (χ4n) is 1.32. The number of benzene rings is 1. The molecule has 0 radical (unpaired) electrons. The quantitative estimate of drug-likeness (QED) is 0.748. The van der Waals surface area contributed by atoms with Crippen molar-refractivity contribution >= 4 is 6.09 Å². The second kappa shape index (κ2) is 3.25. The minimum absolute atomic E-state index is 0.0587. The Hall–Kier alpha value is -1.65. The predicted molar refractivity (Wildman–Crippen MR) is 43.6 cm³/mol. The van der Waals surface area contributed by atoms with Gasteiger partial charge < -0.3 is 10.1 Å². The lowest BCUT2D eigenvalue weighted by Gasteiger charge is -2.08. The standard InChI is InChI=1S/C9H7F2NO2/c10-5-1-2-7(11)6(3-5)8-4-12-9(13)14-8/h1-3,8H,4H2,(H,12,13). The van der Waals surface area contributed by atoms with E-state index in [0.29, 0.717) is 0 Å². The molecule has 74 valence electrons. The summed E-state index contributed by atoms with van der Waals surface area (Å²) in [5.74, 6) is -1.13. The van der Waals surface area contributed by atoms with E-state index in [1.165, 1.54) is 0 Å². The second-order valence-corrected chi connectivity index (χ2v) is 2.94. The number of hydrogen-bond acceptors (Lipinski definition) is 2. The minimum atomic E-state index is -0.738. The highest BCUT2D eigenvalue weighted by Crippen LogP contribution is 2.24. The van der Waals surface area contributed by atoms with E-state index in [1.807, 2.05) is 0 Å². The Kier molecular flexibility index (Phi) is 2.07. The highest BCUT2D eigenvalue weighted by molar-refractivity contribution is 5.69. The molecule has 1 aliphatic rings. The lowest BCUT2D eigenvalue weighted by Crippen LogP contribution is -2.12. The zero-order valence-electron chi connectivity index (χ0n) is 7.09. The molecule has 3 nitrogen and oxygen atoms in total. The summed E-state index contributed by atoms with van der Waals surface area (Å²) < 4.78 is 30.7. The first-order chi connectivity index (χ1) is 6.66. The molecule has 1 unspecified atom stereocenters. The van der Waals surface area contributed by atoms with Crippen LogP contribution in [0.3, 0.4) is 0 Å². The molecule has 0 spiro atoms. The van der Waals surface area contributed by atoms with Crippen molar-refractivity contribution in [1.82, 2.24) is 5.32 Å². The summed E-state index contributed by atoms with van der Waals surface area (Å²) in [7, 11) is 0. The Morgan fingerprint density at radius 3 is 2.86 bits per heavy atom. The van der Waals surface area contributed by atoms with Crippen LogP contribution >= 0.6 is 0 Å². The Labute approximate surface area is 78.7 Å². The number of cyclic esters (lactones) is 1. The molecule has 0 saturated carbocycles. The predicted octanol–water partition coefficient (Wildman–Crippen LogP) is 1.75. The van der Waals surface area contributed by atoms with Gasteiger partial charge in [-0.1, -0.05) is 0 Å². The summed E-state index contributed by atoms with van der Waals surface area (Å²) in [6, 6.07) is 3.06. The number of carbonyl (C=O) groups is 1. The molecule has 1 fully saturated rings. The molecule has 1 aromatic rings. The zero-order chi connectivity index (χ0) is 10.1. The van der Waals surface area contributed by atoms with Gasteiger partial charge in [0.25, 0.3) is 0 Å². The molecular weight excluding hydrogens is 192 g/mol. The largest absolute Gasteiger partial charge is 0.439 e. The fraction of sp³-hybridized carbons (Fsp3) is 0.222. The Bertz CT molecular complexity index is 381. The summed E-state index contributed by atoms with van der Waals surface area (Å²) in [6.07, 6.45) is -1.35. The lowest BCUT2D eigenvalue weighted by atomic mass is 10.1. The van der Waals surface area contributed by atoms with Gasteiger partial charge in [0.1, 0.15) is 17.7 Å². The van der Waals surface area contributed by atoms with Crippen LogP contribution in [0.4, 0.5) is 13.6 Å². The van der Waals surface area contributed by atoms with E-state index in [2.05, 4.69) is 5.32 Å². The first-order valence-electron chi connectivity index (χ1n) is 4.06. The first-order valence-corrected chi connectivity index (χ1v) is 4.06. The molecule has 1 atom stereocenters. The maximum Gasteiger partial charge on any atom is 0.407 e. The van der Waals surface area contributed by atoms with Crippen molar-refractivity contribution in [3.05, 3.63) is 35.4 Å². The smallest absolute Gasteiger partial charge is 0.407 e. The summed E-state index contributed by atoms with van der Waals surface area (Å²) >= 11 is 0. The van der Waals surface area contributed by atoms with Gasteiger partial charge in [0, 0.05) is 5.56 Å². The van der Waals surface area contributed by atoms with Gasteiger partial charge in [0.2, 0.25) is 0 Å². The number of carbonyl (C=O) groups excluding carboxylic acids is 1. The number of halogens is 2. The van der Waals surface area contributed by atoms with Crippen LogP contribution in [0.15, 0.2) is 18.2 Å². The van der Waals surface area contributed by atoms with Gasteiger partial charge in [0.15, 0.2) is 0 Å². The summed E-state index contributed by atoms with van der Waals surface area (Å²) in [6.45, 7) is 0.166. The van der Waals surface area contributed by atoms with Gasteiger partial charge in [-0.2, -0.15) is 0 Å². The van der Waals surface area contributed by atoms with Crippen LogP contribution in [-0.4, -0.2) is 12.6 Å². The number of rotatable bonds is 1. The first kappa shape index (κ1) is 8.93. The third-order valence-corrected chi connectivity index (χ3v) is 1.99. The number of alkyl carbamates (subject to hydrolysis) is 1. The highest BCUT2D eigenvalue weighted by atomic mass is 19.1. The van der Waals surface area contributed by atoms with Crippen LogP contribution in [0.25, 0.3) is 0 Å². The lowest BCUT2D eigenvalue weighted by molar-refractivity contribution is 0.139. The van der Waals surface area contributed by atoms with Crippen molar-refractivity contribution in [2.24, 2.45) is 0 Å². The molecule has 1 heterocycles. The SMILES string of the molecule is O=C1NCC(c2cc(F)ccc2F)O1. The van der Waals surface area contributed by atoms with E-state index in [9.17, 15) is 13.6 Å². The summed E-state index contributed by atoms with van der Waals surface area (Å²) in [4.78, 5) is 10.7. The molecule has 14 heavy (non-hydrogen) atoms. The Morgan fingerprint density at radius 2 is 2.21 bits per heavy atom. The van der Waals surface area contributed by atoms with Crippen molar-refractivity contribution in [1.29, 1.82) is 0 Å². The van der Waals surface area contributed by atoms with Gasteiger partial charge in [0.05, 0.1) is 6.54 Å². The van der Waals surface area contributed by atoms with Crippen LogP contribution in [0.5, 0.6) is 0 Å². The van der Waals surface area contributed by atoms with Crippen LogP contribution in [0.2, 0.25) is 0 Å². The maximum atomic E-state index is 13.2. The number of ether oxygens (including phenoxy) is 1. The van der Waals surface area contributed by atoms with Crippen molar-refractivity contribution in [2.75, 3.05) is 6.54 Å². The molecule has 0 aliphatic carbocycles. The molecule has 0 bridgehead atoms. The van der Waals surface area contributed by atoms with E-state index < -0.39 is 23.8 Å². The van der Waals surface area contributed by atoms with Crippen molar-refractivity contribution in [3.63, 3.8) is 0 Å². The van der Waals surface area contributed by atoms with E-state index in [4.69, 9.17) is 4.74 Å². The minimum Gasteiger partial charge on any atom is -0.439 e. The van der Waals surface area contributed by atoms with E-state index >= 15 is 0 Å². The third kappa shape index (κ3) is 1.53. The molecular formula is C9H7F2NO2. The summed E-state index contributed by atoms with van der Waals surface area (Å²) in [5.41, 5.74) is 0.0587. The normalized spacial score (nSPS) is 20.4. The zero-order valence-corrected chi connectivity index (χ0v) is 7.09. The number of amides is 1. The molecule has 1 amide bonds. The van der Waals surface area contributed by atoms with Gasteiger partial charge in [-0.15, -0.1) is 0 Å². The summed E-state index contributed by atoms with van der Waals surface area (Å²) in [5, 5.41) is 2.36. The van der Waals surface area contributed by atoms with Crippen molar-refractivity contribution < 1.29 is 18.3 Å². The van der Waals surface area contributed by atoms with E-state index in [1.54, 1.807) is 0 Å². The number of nitrogens with one attached hydrogen (secondary N) is 1. The third-order valence-electron chi connectivity index (χ3n) is 1.99. The molecule has 2 rings (SSSR count). The topological polar surface area (TPSA) is 38.3 Å².